The molecule has 30 heavy (non-hydrogen) atoms. The van der Waals surface area contributed by atoms with Crippen molar-refractivity contribution in [1.82, 2.24) is 20.2 Å². The Hall–Kier alpha value is -3.68. The van der Waals surface area contributed by atoms with Crippen LogP contribution in [0.15, 0.2) is 45.0 Å². The van der Waals surface area contributed by atoms with E-state index in [0.717, 1.165) is 4.68 Å². The maximum atomic E-state index is 14.0. The molecule has 0 saturated heterocycles. The Labute approximate surface area is 176 Å². The van der Waals surface area contributed by atoms with Gasteiger partial charge < -0.3 is 10.2 Å². The SMILES string of the molecule is N#Cc1nn(-c2cc(Cl)c(OC3=NNCc4c(F)cccc43)c(Cl)c2)c(=O)[nH]c1=O. The van der Waals surface area contributed by atoms with Crippen LogP contribution in [0.5, 0.6) is 5.75 Å². The van der Waals surface area contributed by atoms with E-state index in [1.165, 1.54) is 24.3 Å². The summed E-state index contributed by atoms with van der Waals surface area (Å²) in [5, 5.41) is 16.7. The van der Waals surface area contributed by atoms with Crippen molar-refractivity contribution in [3.05, 3.63) is 83.9 Å². The van der Waals surface area contributed by atoms with Crippen molar-refractivity contribution < 1.29 is 9.13 Å². The molecule has 0 atom stereocenters. The van der Waals surface area contributed by atoms with Crippen LogP contribution in [-0.2, 0) is 6.54 Å². The third kappa shape index (κ3) is 3.41. The molecule has 1 aliphatic heterocycles. The van der Waals surface area contributed by atoms with Gasteiger partial charge in [0, 0.05) is 11.1 Å². The molecule has 3 aromatic rings. The Bertz CT molecular complexity index is 1350. The summed E-state index contributed by atoms with van der Waals surface area (Å²) < 4.78 is 20.5. The number of hydrogen-bond donors (Lipinski definition) is 2. The lowest BCUT2D eigenvalue weighted by molar-refractivity contribution is 0.519. The van der Waals surface area contributed by atoms with Gasteiger partial charge in [-0.25, -0.2) is 9.18 Å². The number of nitriles is 1. The zero-order valence-corrected chi connectivity index (χ0v) is 16.3. The Kier molecular flexibility index (Phi) is 4.99. The predicted molar refractivity (Wildman–Crippen MR) is 106 cm³/mol. The fourth-order valence-electron chi connectivity index (χ4n) is 2.78. The smallest absolute Gasteiger partial charge is 0.349 e. The maximum absolute atomic E-state index is 14.0. The summed E-state index contributed by atoms with van der Waals surface area (Å²) in [6.07, 6.45) is 0. The molecule has 150 valence electrons. The van der Waals surface area contributed by atoms with Gasteiger partial charge in [-0.15, -0.1) is 10.2 Å². The minimum atomic E-state index is -0.912. The Morgan fingerprint density at radius 3 is 2.67 bits per heavy atom. The summed E-state index contributed by atoms with van der Waals surface area (Å²) in [5.41, 5.74) is 1.26. The standard InChI is InChI=1S/C18H9Cl2FN6O3/c19-11-4-8(27-18(29)24-16(28)14(6-22)26-27)5-12(20)15(11)30-17-9-2-1-3-13(21)10(9)7-23-25-17/h1-5,23H,7H2,(H,24,28,29). The van der Waals surface area contributed by atoms with Gasteiger partial charge in [0.2, 0.25) is 11.6 Å². The zero-order valence-electron chi connectivity index (χ0n) is 14.7. The molecule has 2 heterocycles. The molecule has 2 aromatic carbocycles. The van der Waals surface area contributed by atoms with Crippen molar-refractivity contribution >= 4 is 29.1 Å². The van der Waals surface area contributed by atoms with Gasteiger partial charge in [-0.05, 0) is 24.3 Å². The first-order valence-electron chi connectivity index (χ1n) is 8.28. The van der Waals surface area contributed by atoms with Crippen LogP contribution in [0.25, 0.3) is 5.69 Å². The molecule has 9 nitrogen and oxygen atoms in total. The number of H-pyrrole nitrogens is 1. The highest BCUT2D eigenvalue weighted by molar-refractivity contribution is 6.37. The summed E-state index contributed by atoms with van der Waals surface area (Å²) in [7, 11) is 0. The van der Waals surface area contributed by atoms with E-state index >= 15 is 0 Å². The van der Waals surface area contributed by atoms with E-state index in [0.29, 0.717) is 11.1 Å². The quantitative estimate of drug-likeness (QED) is 0.620. The first-order chi connectivity index (χ1) is 14.4. The number of ether oxygens (including phenoxy) is 1. The molecule has 12 heteroatoms. The molecule has 0 aliphatic carbocycles. The number of aromatic nitrogens is 3. The minimum Gasteiger partial charge on any atom is -0.434 e. The van der Waals surface area contributed by atoms with Crippen LogP contribution in [0.2, 0.25) is 10.0 Å². The Morgan fingerprint density at radius 1 is 1.23 bits per heavy atom. The summed E-state index contributed by atoms with van der Waals surface area (Å²) in [6.45, 7) is 0.192. The average molecular weight is 447 g/mol. The lowest BCUT2D eigenvalue weighted by Gasteiger charge is -2.19. The Morgan fingerprint density at radius 2 is 1.97 bits per heavy atom. The highest BCUT2D eigenvalue weighted by atomic mass is 35.5. The third-order valence-electron chi connectivity index (χ3n) is 4.15. The molecular weight excluding hydrogens is 438 g/mol. The molecule has 1 aliphatic rings. The lowest BCUT2D eigenvalue weighted by Crippen LogP contribution is -2.33. The van der Waals surface area contributed by atoms with Gasteiger partial charge in [0.25, 0.3) is 5.56 Å². The molecule has 1 aromatic heterocycles. The number of benzene rings is 2. The van der Waals surface area contributed by atoms with E-state index in [1.54, 1.807) is 12.1 Å². The number of aromatic amines is 1. The van der Waals surface area contributed by atoms with E-state index < -0.39 is 22.8 Å². The summed E-state index contributed by atoms with van der Waals surface area (Å²) in [5.74, 6) is -0.350. The molecule has 0 amide bonds. The monoisotopic (exact) mass is 446 g/mol. The van der Waals surface area contributed by atoms with Crippen LogP contribution in [0.3, 0.4) is 0 Å². The molecule has 0 spiro atoms. The van der Waals surface area contributed by atoms with E-state index in [1.807, 2.05) is 4.98 Å². The van der Waals surface area contributed by atoms with E-state index in [-0.39, 0.29) is 33.9 Å². The molecular formula is C18H9Cl2FN6O3. The highest BCUT2D eigenvalue weighted by Gasteiger charge is 2.22. The fraction of sp³-hybridized carbons (Fsp3) is 0.0556. The molecule has 4 rings (SSSR count). The second-order valence-corrected chi connectivity index (χ2v) is 6.80. The minimum absolute atomic E-state index is 0.0118. The number of hydrogen-bond acceptors (Lipinski definition) is 7. The number of rotatable bonds is 2. The highest BCUT2D eigenvalue weighted by Crippen LogP contribution is 2.36. The van der Waals surface area contributed by atoms with Gasteiger partial charge in [-0.2, -0.15) is 9.94 Å². The average Bonchev–Trinajstić information content (AvgIpc) is 2.71. The van der Waals surface area contributed by atoms with Gasteiger partial charge >= 0.3 is 5.69 Å². The summed E-state index contributed by atoms with van der Waals surface area (Å²) in [4.78, 5) is 25.6. The van der Waals surface area contributed by atoms with Gasteiger partial charge in [-0.1, -0.05) is 29.3 Å². The molecule has 0 bridgehead atoms. The molecule has 0 fully saturated rings. The van der Waals surface area contributed by atoms with Crippen molar-refractivity contribution in [2.24, 2.45) is 5.10 Å². The van der Waals surface area contributed by atoms with Gasteiger partial charge in [0.1, 0.15) is 11.9 Å². The van der Waals surface area contributed by atoms with Crippen LogP contribution in [0.4, 0.5) is 4.39 Å². The molecule has 0 radical (unpaired) electrons. The van der Waals surface area contributed by atoms with Crippen molar-refractivity contribution in [1.29, 1.82) is 5.26 Å². The van der Waals surface area contributed by atoms with E-state index in [9.17, 15) is 14.0 Å². The van der Waals surface area contributed by atoms with Crippen molar-refractivity contribution in [3.63, 3.8) is 0 Å². The second-order valence-electron chi connectivity index (χ2n) is 5.99. The normalized spacial score (nSPS) is 12.4. The van der Waals surface area contributed by atoms with Crippen LogP contribution in [-0.4, -0.2) is 20.7 Å². The number of nitrogens with zero attached hydrogens (tertiary/aromatic N) is 4. The number of nitrogens with one attached hydrogen (secondary N) is 2. The van der Waals surface area contributed by atoms with Crippen LogP contribution in [0.1, 0.15) is 16.8 Å². The first kappa shape index (κ1) is 19.6. The summed E-state index contributed by atoms with van der Waals surface area (Å²) >= 11 is 12.6. The number of halogens is 3. The van der Waals surface area contributed by atoms with Crippen molar-refractivity contribution in [2.45, 2.75) is 6.54 Å². The number of hydrazone groups is 1. The Balaban J connectivity index is 1.75. The predicted octanol–water partition coefficient (Wildman–Crippen LogP) is 2.08. The largest absolute Gasteiger partial charge is 0.434 e. The van der Waals surface area contributed by atoms with Gasteiger partial charge in [0.05, 0.1) is 22.3 Å². The maximum Gasteiger partial charge on any atom is 0.349 e. The van der Waals surface area contributed by atoms with Crippen LogP contribution in [0, 0.1) is 17.1 Å². The molecule has 2 N–H and O–H groups in total. The third-order valence-corrected chi connectivity index (χ3v) is 4.71. The zero-order chi connectivity index (χ0) is 21.4. The topological polar surface area (TPSA) is 125 Å². The van der Waals surface area contributed by atoms with Gasteiger partial charge in [-0.3, -0.25) is 9.78 Å². The van der Waals surface area contributed by atoms with Crippen LogP contribution >= 0.6 is 23.2 Å². The van der Waals surface area contributed by atoms with Gasteiger partial charge in [0.15, 0.2) is 5.75 Å². The van der Waals surface area contributed by atoms with Crippen molar-refractivity contribution in [2.75, 3.05) is 0 Å². The van der Waals surface area contributed by atoms with E-state index in [4.69, 9.17) is 33.2 Å². The number of fused-ring (bicyclic) bond motifs is 1. The van der Waals surface area contributed by atoms with Crippen molar-refractivity contribution in [3.8, 4) is 17.5 Å². The fourth-order valence-corrected chi connectivity index (χ4v) is 3.33. The van der Waals surface area contributed by atoms with E-state index in [2.05, 4.69) is 15.6 Å². The lowest BCUT2D eigenvalue weighted by atomic mass is 10.1. The molecule has 0 unspecified atom stereocenters. The first-order valence-corrected chi connectivity index (χ1v) is 9.04. The van der Waals surface area contributed by atoms with Crippen LogP contribution < -0.4 is 21.4 Å². The molecule has 0 saturated carbocycles. The summed E-state index contributed by atoms with van der Waals surface area (Å²) in [6, 6.07) is 8.68. The second kappa shape index (κ2) is 7.62.